The molecule has 2 aliphatic heterocycles. The van der Waals surface area contributed by atoms with E-state index in [4.69, 9.17) is 0 Å². The average Bonchev–Trinajstić information content (AvgIpc) is 3.01. The summed E-state index contributed by atoms with van der Waals surface area (Å²) in [7, 11) is 3.53. The minimum absolute atomic E-state index is 0.0285. The van der Waals surface area contributed by atoms with Crippen LogP contribution in [0.2, 0.25) is 0 Å². The lowest BCUT2D eigenvalue weighted by molar-refractivity contribution is -0.0128. The van der Waals surface area contributed by atoms with Gasteiger partial charge in [-0.3, -0.25) is 4.79 Å². The van der Waals surface area contributed by atoms with Crippen LogP contribution in [0.3, 0.4) is 0 Å². The first-order chi connectivity index (χ1) is 15.7. The molecule has 9 heteroatoms. The molecule has 2 aromatic heterocycles. The van der Waals surface area contributed by atoms with Crippen LogP contribution in [0.1, 0.15) is 19.3 Å². The van der Waals surface area contributed by atoms with Crippen molar-refractivity contribution in [3.05, 3.63) is 59.0 Å². The van der Waals surface area contributed by atoms with Gasteiger partial charge in [-0.05, 0) is 54.3 Å². The number of fused-ring (bicyclic) bond motifs is 2. The lowest BCUT2D eigenvalue weighted by Crippen LogP contribution is -2.49. The van der Waals surface area contributed by atoms with E-state index in [0.717, 1.165) is 5.56 Å². The Balaban J connectivity index is 1.34. The fraction of sp³-hybridized carbons (Fsp3) is 0.375. The van der Waals surface area contributed by atoms with E-state index < -0.39 is 12.0 Å². The minimum Gasteiger partial charge on any atom is -0.507 e. The summed E-state index contributed by atoms with van der Waals surface area (Å²) in [5.74, 6) is -2.03. The van der Waals surface area contributed by atoms with Crippen molar-refractivity contribution < 1.29 is 13.9 Å². The molecule has 0 radical (unpaired) electrons. The number of phenols is 1. The fourth-order valence-electron chi connectivity index (χ4n) is 4.84. The van der Waals surface area contributed by atoms with Crippen LogP contribution in [0.15, 0.2) is 53.5 Å². The third kappa shape index (κ3) is 3.97. The highest BCUT2D eigenvalue weighted by Crippen LogP contribution is 2.41. The zero-order valence-electron chi connectivity index (χ0n) is 18.4. The number of nitrogens with one attached hydrogen (secondary N) is 1. The molecule has 2 bridgehead atoms. The van der Waals surface area contributed by atoms with Crippen molar-refractivity contribution in [2.75, 3.05) is 11.9 Å². The Morgan fingerprint density at radius 2 is 1.91 bits per heavy atom. The highest BCUT2D eigenvalue weighted by atomic mass is 19.3. The summed E-state index contributed by atoms with van der Waals surface area (Å²) >= 11 is 0. The van der Waals surface area contributed by atoms with Gasteiger partial charge in [-0.15, -0.1) is 10.2 Å². The number of pyridine rings is 1. The molecule has 3 aromatic rings. The topological polar surface area (TPSA) is 83.3 Å². The molecule has 7 nitrogen and oxygen atoms in total. The van der Waals surface area contributed by atoms with Gasteiger partial charge >= 0.3 is 0 Å². The molecular formula is C24H25F2N5O2. The van der Waals surface area contributed by atoms with E-state index in [0.29, 0.717) is 35.5 Å². The highest BCUT2D eigenvalue weighted by molar-refractivity contribution is 5.74. The highest BCUT2D eigenvalue weighted by Gasteiger charge is 2.53. The molecule has 1 aromatic carbocycles. The number of hydrogen-bond donors (Lipinski definition) is 2. The quantitative estimate of drug-likeness (QED) is 0.632. The molecule has 0 spiro atoms. The Hall–Kier alpha value is -3.33. The monoisotopic (exact) mass is 453 g/mol. The van der Waals surface area contributed by atoms with Crippen molar-refractivity contribution in [1.82, 2.24) is 20.1 Å². The maximum atomic E-state index is 14.0. The standard InChI is InChI=1S/C24H25F2N5O2/c1-30-8-7-15(10-23(30)33)14-3-4-18(20(32)9-14)19-5-6-22(29-28-19)31(2)17-11-16-13-24(25,26)21(12-17)27-16/h3-10,16-17,21,27,32H,11-13H2,1-2H3/t16-,17-,21+/m0/s1. The van der Waals surface area contributed by atoms with Crippen LogP contribution in [0.4, 0.5) is 14.6 Å². The maximum Gasteiger partial charge on any atom is 0.264 e. The second-order valence-electron chi connectivity index (χ2n) is 8.99. The van der Waals surface area contributed by atoms with Crippen LogP contribution >= 0.6 is 0 Å². The number of aromatic hydroxyl groups is 1. The van der Waals surface area contributed by atoms with E-state index in [1.807, 2.05) is 24.1 Å². The zero-order valence-corrected chi connectivity index (χ0v) is 18.4. The summed E-state index contributed by atoms with van der Waals surface area (Å²) in [4.78, 5) is 13.8. The van der Waals surface area contributed by atoms with Crippen molar-refractivity contribution in [3.63, 3.8) is 0 Å². The molecule has 0 unspecified atom stereocenters. The number of alkyl halides is 2. The molecule has 0 aliphatic carbocycles. The first kappa shape index (κ1) is 21.5. The van der Waals surface area contributed by atoms with Gasteiger partial charge in [-0.1, -0.05) is 6.07 Å². The molecular weight excluding hydrogens is 428 g/mol. The van der Waals surface area contributed by atoms with Gasteiger partial charge in [-0.2, -0.15) is 0 Å². The van der Waals surface area contributed by atoms with Crippen LogP contribution in [0.5, 0.6) is 5.75 Å². The van der Waals surface area contributed by atoms with Crippen LogP contribution < -0.4 is 15.8 Å². The van der Waals surface area contributed by atoms with Gasteiger partial charge in [0, 0.05) is 50.4 Å². The summed E-state index contributed by atoms with van der Waals surface area (Å²) < 4.78 is 29.6. The Bertz CT molecular complexity index is 1240. The number of aromatic nitrogens is 3. The van der Waals surface area contributed by atoms with E-state index in [9.17, 15) is 18.7 Å². The van der Waals surface area contributed by atoms with E-state index in [2.05, 4.69) is 15.5 Å². The lowest BCUT2D eigenvalue weighted by Gasteiger charge is -2.36. The van der Waals surface area contributed by atoms with Crippen LogP contribution in [-0.4, -0.2) is 51.0 Å². The Morgan fingerprint density at radius 3 is 2.58 bits per heavy atom. The Morgan fingerprint density at radius 1 is 1.12 bits per heavy atom. The number of anilines is 1. The number of halogens is 2. The van der Waals surface area contributed by atoms with Crippen molar-refractivity contribution in [2.24, 2.45) is 7.05 Å². The second-order valence-corrected chi connectivity index (χ2v) is 8.99. The summed E-state index contributed by atoms with van der Waals surface area (Å²) in [6.07, 6.45) is 2.56. The average molecular weight is 453 g/mol. The van der Waals surface area contributed by atoms with Crippen molar-refractivity contribution in [2.45, 2.75) is 43.3 Å². The summed E-state index contributed by atoms with van der Waals surface area (Å²) in [5, 5.41) is 22.2. The van der Waals surface area contributed by atoms with Gasteiger partial charge in [0.15, 0.2) is 5.82 Å². The predicted octanol–water partition coefficient (Wildman–Crippen LogP) is 3.18. The van der Waals surface area contributed by atoms with Crippen LogP contribution in [-0.2, 0) is 7.05 Å². The molecule has 2 fully saturated rings. The molecule has 2 N–H and O–H groups in total. The third-order valence-corrected chi connectivity index (χ3v) is 6.80. The molecule has 172 valence electrons. The van der Waals surface area contributed by atoms with E-state index in [1.165, 1.54) is 10.6 Å². The Labute approximate surface area is 189 Å². The first-order valence-electron chi connectivity index (χ1n) is 10.9. The first-order valence-corrected chi connectivity index (χ1v) is 10.9. The molecule has 2 aliphatic rings. The number of piperidine rings is 1. The molecule has 0 amide bonds. The van der Waals surface area contributed by atoms with Crippen LogP contribution in [0.25, 0.3) is 22.4 Å². The number of hydrogen-bond acceptors (Lipinski definition) is 6. The predicted molar refractivity (Wildman–Crippen MR) is 122 cm³/mol. The molecule has 3 atom stereocenters. The number of rotatable bonds is 4. The van der Waals surface area contributed by atoms with Gasteiger partial charge in [0.1, 0.15) is 5.75 Å². The molecule has 2 saturated heterocycles. The number of benzene rings is 1. The lowest BCUT2D eigenvalue weighted by atomic mass is 9.98. The number of phenolic OH excluding ortho intramolecular Hbond substituents is 1. The van der Waals surface area contributed by atoms with E-state index in [-0.39, 0.29) is 29.8 Å². The molecule has 4 heterocycles. The van der Waals surface area contributed by atoms with Gasteiger partial charge in [0.2, 0.25) is 0 Å². The molecule has 5 rings (SSSR count). The van der Waals surface area contributed by atoms with Crippen molar-refractivity contribution >= 4 is 5.82 Å². The molecule has 33 heavy (non-hydrogen) atoms. The maximum absolute atomic E-state index is 14.0. The smallest absolute Gasteiger partial charge is 0.264 e. The summed E-state index contributed by atoms with van der Waals surface area (Å²) in [6.45, 7) is 0. The zero-order chi connectivity index (χ0) is 23.3. The Kier molecular flexibility index (Phi) is 5.16. The number of nitrogens with zero attached hydrogens (tertiary/aromatic N) is 4. The second kappa shape index (κ2) is 7.91. The minimum atomic E-state index is -2.66. The SMILES string of the molecule is CN(c1ccc(-c2ccc(-c3ccn(C)c(=O)c3)cc2O)nn1)[C@H]1C[C@H]2CC(F)(F)[C@@H](C1)N2. The summed E-state index contributed by atoms with van der Waals surface area (Å²) in [6, 6.07) is 11.0. The van der Waals surface area contributed by atoms with Crippen molar-refractivity contribution in [1.29, 1.82) is 0 Å². The molecule has 0 saturated carbocycles. The largest absolute Gasteiger partial charge is 0.507 e. The van der Waals surface area contributed by atoms with Gasteiger partial charge < -0.3 is 19.9 Å². The van der Waals surface area contributed by atoms with E-state index in [1.54, 1.807) is 37.5 Å². The normalized spacial score (nSPS) is 23.5. The van der Waals surface area contributed by atoms with Gasteiger partial charge in [-0.25, -0.2) is 8.78 Å². The number of aryl methyl sites for hydroxylation is 1. The van der Waals surface area contributed by atoms with E-state index >= 15 is 0 Å². The van der Waals surface area contributed by atoms with Gasteiger partial charge in [0.25, 0.3) is 11.5 Å². The van der Waals surface area contributed by atoms with Gasteiger partial charge in [0.05, 0.1) is 11.7 Å². The summed E-state index contributed by atoms with van der Waals surface area (Å²) in [5.41, 5.74) is 2.31. The van der Waals surface area contributed by atoms with Crippen LogP contribution in [0, 0.1) is 0 Å². The fourth-order valence-corrected chi connectivity index (χ4v) is 4.84. The third-order valence-electron chi connectivity index (χ3n) is 6.80. The van der Waals surface area contributed by atoms with Crippen molar-refractivity contribution in [3.8, 4) is 28.1 Å².